The zero-order chi connectivity index (χ0) is 29.8. The number of ether oxygens (including phenoxy) is 1. The van der Waals surface area contributed by atoms with Crippen molar-refractivity contribution >= 4 is 51.4 Å². The number of rotatable bonds is 2. The molecule has 42 heavy (non-hydrogen) atoms. The molecule has 0 radical (unpaired) electrons. The van der Waals surface area contributed by atoms with Crippen molar-refractivity contribution in [3.8, 4) is 0 Å². The Morgan fingerprint density at radius 2 is 1.38 bits per heavy atom. The van der Waals surface area contributed by atoms with Gasteiger partial charge in [0.2, 0.25) is 23.6 Å². The van der Waals surface area contributed by atoms with Crippen LogP contribution in [0.4, 0.5) is 0 Å². The van der Waals surface area contributed by atoms with Crippen LogP contribution >= 0.6 is 0 Å². The molecule has 0 fully saturated rings. The molecule has 4 amide bonds. The lowest BCUT2D eigenvalue weighted by Crippen LogP contribution is -2.51. The Balaban J connectivity index is 1.65. The van der Waals surface area contributed by atoms with E-state index in [1.54, 1.807) is 0 Å². The van der Waals surface area contributed by atoms with Crippen molar-refractivity contribution in [2.75, 3.05) is 20.2 Å². The molecule has 0 bridgehead atoms. The minimum absolute atomic E-state index is 0.135. The lowest BCUT2D eigenvalue weighted by Gasteiger charge is -2.18. The highest BCUT2D eigenvalue weighted by atomic mass is 16.5. The van der Waals surface area contributed by atoms with Gasteiger partial charge in [0.1, 0.15) is 12.1 Å². The average molecular weight is 573 g/mol. The summed E-state index contributed by atoms with van der Waals surface area (Å²) in [6.45, 7) is 0.514. The molecule has 2 atom stereocenters. The number of hydrogen-bond donors (Lipinski definition) is 6. The predicted octanol–water partition coefficient (Wildman–Crippen LogP) is 0.734. The molecule has 5 rings (SSSR count). The molecule has 6 N–H and O–H groups in total. The van der Waals surface area contributed by atoms with Gasteiger partial charge in [-0.3, -0.25) is 19.2 Å². The molecule has 1 aliphatic rings. The van der Waals surface area contributed by atoms with Crippen molar-refractivity contribution in [3.05, 3.63) is 71.0 Å². The van der Waals surface area contributed by atoms with Gasteiger partial charge in [-0.05, 0) is 23.3 Å². The van der Waals surface area contributed by atoms with Crippen LogP contribution in [0.5, 0.6) is 0 Å². The van der Waals surface area contributed by atoms with Crippen LogP contribution in [0, 0.1) is 0 Å². The van der Waals surface area contributed by atoms with E-state index in [1.165, 1.54) is 14.0 Å². The summed E-state index contributed by atoms with van der Waals surface area (Å²) in [7, 11) is 1.25. The largest absolute Gasteiger partial charge is 0.467 e. The number of esters is 1. The zero-order valence-corrected chi connectivity index (χ0v) is 23.3. The molecule has 2 aromatic carbocycles. The number of aromatic amines is 2. The molecule has 4 aromatic rings. The number of nitrogens with one attached hydrogen (secondary N) is 6. The average Bonchev–Trinajstić information content (AvgIpc) is 3.50. The second-order valence-corrected chi connectivity index (χ2v) is 10.2. The van der Waals surface area contributed by atoms with E-state index in [9.17, 15) is 24.0 Å². The van der Waals surface area contributed by atoms with Crippen molar-refractivity contribution < 1.29 is 28.7 Å². The summed E-state index contributed by atoms with van der Waals surface area (Å²) >= 11 is 0. The lowest BCUT2D eigenvalue weighted by molar-refractivity contribution is -0.145. The number of H-pyrrole nitrogens is 2. The molecule has 0 unspecified atom stereocenters. The number of amides is 4. The highest BCUT2D eigenvalue weighted by molar-refractivity contribution is 5.94. The van der Waals surface area contributed by atoms with Crippen LogP contribution in [0.3, 0.4) is 0 Å². The minimum atomic E-state index is -1.01. The lowest BCUT2D eigenvalue weighted by atomic mass is 9.96. The number of fused-ring (bicyclic) bond motifs is 6. The summed E-state index contributed by atoms with van der Waals surface area (Å²) in [6.07, 6.45) is 0.674. The van der Waals surface area contributed by atoms with E-state index in [0.29, 0.717) is 6.42 Å². The number of para-hydroxylation sites is 2. The number of benzene rings is 2. The SMILES string of the molecule is COC(=O)[C@@H]1Cc2c([nH]c3ccccc23)Cc2[nH]c3ccccc3c2C[C@H](NC(C)=O)C(=O)NCC(=O)NCC(=O)N1. The van der Waals surface area contributed by atoms with Crippen LogP contribution in [0.25, 0.3) is 21.8 Å². The van der Waals surface area contributed by atoms with Gasteiger partial charge in [-0.1, -0.05) is 36.4 Å². The first-order valence-electron chi connectivity index (χ1n) is 13.6. The fourth-order valence-corrected chi connectivity index (χ4v) is 5.43. The maximum Gasteiger partial charge on any atom is 0.328 e. The summed E-state index contributed by atoms with van der Waals surface area (Å²) in [5.41, 5.74) is 4.98. The van der Waals surface area contributed by atoms with Gasteiger partial charge in [-0.2, -0.15) is 0 Å². The number of carbonyl (C=O) groups excluding carboxylic acids is 5. The van der Waals surface area contributed by atoms with E-state index in [4.69, 9.17) is 4.74 Å². The molecule has 3 heterocycles. The Hall–Kier alpha value is -5.13. The van der Waals surface area contributed by atoms with Gasteiger partial charge < -0.3 is 36.0 Å². The van der Waals surface area contributed by atoms with Gasteiger partial charge in [0.25, 0.3) is 0 Å². The molecule has 1 aliphatic heterocycles. The highest BCUT2D eigenvalue weighted by Crippen LogP contribution is 2.30. The third-order valence-electron chi connectivity index (χ3n) is 7.36. The van der Waals surface area contributed by atoms with Crippen LogP contribution in [-0.2, 0) is 48.0 Å². The molecule has 0 saturated carbocycles. The number of aromatic nitrogens is 2. The highest BCUT2D eigenvalue weighted by Gasteiger charge is 2.28. The molecule has 12 heteroatoms. The maximum atomic E-state index is 13.2. The van der Waals surface area contributed by atoms with Gasteiger partial charge in [0.05, 0.1) is 20.2 Å². The van der Waals surface area contributed by atoms with E-state index in [-0.39, 0.29) is 12.8 Å². The maximum absolute atomic E-state index is 13.2. The molecule has 0 spiro atoms. The Bertz CT molecular complexity index is 1690. The molecule has 12 nitrogen and oxygen atoms in total. The van der Waals surface area contributed by atoms with Gasteiger partial charge >= 0.3 is 5.97 Å². The Kier molecular flexibility index (Phi) is 8.23. The molecule has 0 aliphatic carbocycles. The fourth-order valence-electron chi connectivity index (χ4n) is 5.43. The fraction of sp³-hybridized carbons (Fsp3) is 0.300. The minimum Gasteiger partial charge on any atom is -0.467 e. The zero-order valence-electron chi connectivity index (χ0n) is 23.3. The molecule has 2 aromatic heterocycles. The van der Waals surface area contributed by atoms with Gasteiger partial charge in [-0.25, -0.2) is 4.79 Å². The first-order valence-corrected chi connectivity index (χ1v) is 13.6. The molecule has 218 valence electrons. The van der Waals surface area contributed by atoms with Crippen LogP contribution in [0.15, 0.2) is 48.5 Å². The Morgan fingerprint density at radius 3 is 1.98 bits per heavy atom. The van der Waals surface area contributed by atoms with Crippen LogP contribution < -0.4 is 21.3 Å². The van der Waals surface area contributed by atoms with E-state index in [0.717, 1.165) is 44.3 Å². The standard InChI is InChI=1S/C30H32N6O6/c1-16(37)33-25-11-19-17-7-3-5-9-21(17)34-23(19)13-24-20(18-8-4-6-10-22(18)35-24)12-26(30(41)42-2)36-28(39)15-31-27(38)14-32-29(25)40/h3-10,25-26,34-35H,11-15H2,1-2H3,(H,31,38)(H,32,40)(H,33,37)(H,36,39)/t25-,26-/m0/s1. The van der Waals surface area contributed by atoms with Crippen LogP contribution in [0.1, 0.15) is 29.4 Å². The van der Waals surface area contributed by atoms with Crippen molar-refractivity contribution in [1.82, 2.24) is 31.2 Å². The summed E-state index contributed by atoms with van der Waals surface area (Å²) in [5.74, 6) is -2.76. The number of methoxy groups -OCH3 is 1. The van der Waals surface area contributed by atoms with Gasteiger partial charge in [0.15, 0.2) is 0 Å². The first kappa shape index (κ1) is 28.4. The Morgan fingerprint density at radius 1 is 0.810 bits per heavy atom. The summed E-state index contributed by atoms with van der Waals surface area (Å²) in [6, 6.07) is 13.4. The number of carbonyl (C=O) groups is 5. The molecular weight excluding hydrogens is 540 g/mol. The summed E-state index contributed by atoms with van der Waals surface area (Å²) in [4.78, 5) is 70.2. The topological polar surface area (TPSA) is 174 Å². The quantitative estimate of drug-likeness (QED) is 0.193. The van der Waals surface area contributed by atoms with Crippen molar-refractivity contribution in [1.29, 1.82) is 0 Å². The second-order valence-electron chi connectivity index (χ2n) is 10.2. The van der Waals surface area contributed by atoms with Crippen molar-refractivity contribution in [2.45, 2.75) is 38.3 Å². The van der Waals surface area contributed by atoms with E-state index in [1.807, 2.05) is 48.5 Å². The second kappa shape index (κ2) is 12.2. The van der Waals surface area contributed by atoms with Crippen molar-refractivity contribution in [2.24, 2.45) is 0 Å². The van der Waals surface area contributed by atoms with E-state index in [2.05, 4.69) is 31.2 Å². The van der Waals surface area contributed by atoms with Crippen LogP contribution in [0.2, 0.25) is 0 Å². The predicted molar refractivity (Wildman–Crippen MR) is 154 cm³/mol. The third-order valence-corrected chi connectivity index (χ3v) is 7.36. The molecular formula is C30H32N6O6. The van der Waals surface area contributed by atoms with Crippen LogP contribution in [-0.4, -0.2) is 71.8 Å². The van der Waals surface area contributed by atoms with Crippen molar-refractivity contribution in [3.63, 3.8) is 0 Å². The normalized spacial score (nSPS) is 18.7. The first-order chi connectivity index (χ1) is 20.2. The van der Waals surface area contributed by atoms with Gasteiger partial charge in [0, 0.05) is 59.4 Å². The summed E-state index contributed by atoms with van der Waals surface area (Å²) < 4.78 is 5.00. The Labute approximate surface area is 240 Å². The smallest absolute Gasteiger partial charge is 0.328 e. The number of hydrogen-bond acceptors (Lipinski definition) is 6. The van der Waals surface area contributed by atoms with E-state index < -0.39 is 54.8 Å². The van der Waals surface area contributed by atoms with E-state index >= 15 is 0 Å². The van der Waals surface area contributed by atoms with Gasteiger partial charge in [-0.15, -0.1) is 0 Å². The molecule has 0 saturated heterocycles. The third kappa shape index (κ3) is 6.12. The monoisotopic (exact) mass is 572 g/mol. The summed E-state index contributed by atoms with van der Waals surface area (Å²) in [5, 5.41) is 12.1.